The van der Waals surface area contributed by atoms with Crippen molar-refractivity contribution in [3.8, 4) is 0 Å². The van der Waals surface area contributed by atoms with Gasteiger partial charge in [-0.15, -0.1) is 0 Å². The van der Waals surface area contributed by atoms with E-state index < -0.39 is 29.0 Å². The Bertz CT molecular complexity index is 937. The number of hydrogen-bond acceptors (Lipinski definition) is 3. The molecule has 0 radical (unpaired) electrons. The number of nitrogens with one attached hydrogen (secondary N) is 1. The molecule has 0 saturated carbocycles. The van der Waals surface area contributed by atoms with Gasteiger partial charge in [-0.1, -0.05) is 21.1 Å². The highest BCUT2D eigenvalue weighted by atomic mass is 79.9. The molecule has 3 aromatic rings. The van der Waals surface area contributed by atoms with Gasteiger partial charge in [0.05, 0.1) is 16.5 Å². The number of anilines is 1. The molecule has 0 fully saturated rings. The molecule has 0 saturated heterocycles. The van der Waals surface area contributed by atoms with Gasteiger partial charge in [-0.05, 0) is 36.4 Å². The van der Waals surface area contributed by atoms with Crippen molar-refractivity contribution in [3.63, 3.8) is 0 Å². The van der Waals surface area contributed by atoms with Gasteiger partial charge in [-0.25, -0.2) is 4.39 Å². The number of hydrogen-bond donors (Lipinski definition) is 1. The minimum atomic E-state index is -4.80. The van der Waals surface area contributed by atoms with Crippen molar-refractivity contribution in [1.29, 1.82) is 0 Å². The van der Waals surface area contributed by atoms with Gasteiger partial charge in [0, 0.05) is 4.47 Å². The Morgan fingerprint density at radius 3 is 2.62 bits per heavy atom. The fourth-order valence-corrected chi connectivity index (χ4v) is 2.49. The fourth-order valence-electron chi connectivity index (χ4n) is 2.13. The second-order valence-electron chi connectivity index (χ2n) is 4.81. The molecule has 1 N–H and O–H groups in total. The minimum absolute atomic E-state index is 0.0614. The summed E-state index contributed by atoms with van der Waals surface area (Å²) in [6, 6.07) is 6.51. The number of rotatable bonds is 2. The molecule has 2 aromatic carbocycles. The molecule has 0 bridgehead atoms. The highest BCUT2D eigenvalue weighted by Crippen LogP contribution is 2.33. The molecular weight excluding hydrogens is 396 g/mol. The number of carbonyl (C=O) groups is 1. The fraction of sp³-hybridized carbons (Fsp3) is 0.0667. The van der Waals surface area contributed by atoms with E-state index in [1.807, 2.05) is 0 Å². The Kier molecular flexibility index (Phi) is 4.04. The van der Waals surface area contributed by atoms with Crippen LogP contribution in [-0.4, -0.2) is 11.1 Å². The Morgan fingerprint density at radius 2 is 1.92 bits per heavy atom. The third-order valence-electron chi connectivity index (χ3n) is 3.20. The van der Waals surface area contributed by atoms with E-state index in [1.54, 1.807) is 18.2 Å². The third kappa shape index (κ3) is 3.12. The number of benzene rings is 2. The minimum Gasteiger partial charge on any atom is -0.354 e. The monoisotopic (exact) mass is 402 g/mol. The largest absolute Gasteiger partial charge is 0.417 e. The van der Waals surface area contributed by atoms with Crippen molar-refractivity contribution < 1.29 is 26.9 Å². The van der Waals surface area contributed by atoms with Gasteiger partial charge in [0.15, 0.2) is 11.4 Å². The van der Waals surface area contributed by atoms with Crippen molar-refractivity contribution in [2.75, 3.05) is 5.32 Å². The molecule has 0 aliphatic heterocycles. The van der Waals surface area contributed by atoms with Crippen LogP contribution in [0.5, 0.6) is 0 Å². The standard InChI is InChI=1S/C15H7BrF4N2O2/c16-7-1-4-12-10(5-7)13(22-24-12)21-14(23)9-6-8(17)2-3-11(9)15(18,19)20/h1-6H,(H,21,22,23). The van der Waals surface area contributed by atoms with Crippen molar-refractivity contribution in [2.45, 2.75) is 6.18 Å². The lowest BCUT2D eigenvalue weighted by Gasteiger charge is -2.12. The van der Waals surface area contributed by atoms with E-state index in [1.165, 1.54) is 0 Å². The van der Waals surface area contributed by atoms with E-state index >= 15 is 0 Å². The van der Waals surface area contributed by atoms with Gasteiger partial charge < -0.3 is 9.84 Å². The zero-order valence-corrected chi connectivity index (χ0v) is 13.2. The van der Waals surface area contributed by atoms with Crippen LogP contribution in [-0.2, 0) is 6.18 Å². The molecule has 1 amide bonds. The molecule has 1 aromatic heterocycles. The highest BCUT2D eigenvalue weighted by Gasteiger charge is 2.35. The first-order chi connectivity index (χ1) is 11.3. The number of amides is 1. The Balaban J connectivity index is 2.01. The molecule has 0 spiro atoms. The van der Waals surface area contributed by atoms with Gasteiger partial charge in [0.25, 0.3) is 5.91 Å². The molecule has 124 valence electrons. The summed E-state index contributed by atoms with van der Waals surface area (Å²) in [5.41, 5.74) is -1.74. The van der Waals surface area contributed by atoms with Gasteiger partial charge in [-0.2, -0.15) is 13.2 Å². The number of aromatic nitrogens is 1. The first-order valence-electron chi connectivity index (χ1n) is 6.49. The Morgan fingerprint density at radius 1 is 1.17 bits per heavy atom. The summed E-state index contributed by atoms with van der Waals surface area (Å²) < 4.78 is 57.9. The third-order valence-corrected chi connectivity index (χ3v) is 3.69. The lowest BCUT2D eigenvalue weighted by atomic mass is 10.1. The van der Waals surface area contributed by atoms with Crippen LogP contribution in [0.1, 0.15) is 15.9 Å². The summed E-state index contributed by atoms with van der Waals surface area (Å²) in [5.74, 6) is -2.16. The van der Waals surface area contributed by atoms with E-state index in [4.69, 9.17) is 4.52 Å². The first-order valence-corrected chi connectivity index (χ1v) is 7.28. The van der Waals surface area contributed by atoms with Crippen molar-refractivity contribution >= 4 is 38.6 Å². The number of fused-ring (bicyclic) bond motifs is 1. The first kappa shape index (κ1) is 16.4. The molecule has 0 unspecified atom stereocenters. The average molecular weight is 403 g/mol. The zero-order valence-electron chi connectivity index (χ0n) is 11.6. The topological polar surface area (TPSA) is 55.1 Å². The van der Waals surface area contributed by atoms with Crippen molar-refractivity contribution in [2.24, 2.45) is 0 Å². The average Bonchev–Trinajstić information content (AvgIpc) is 2.88. The van der Waals surface area contributed by atoms with Crippen molar-refractivity contribution in [3.05, 3.63) is 57.8 Å². The van der Waals surface area contributed by atoms with E-state index in [-0.39, 0.29) is 5.82 Å². The van der Waals surface area contributed by atoms with Crippen molar-refractivity contribution in [1.82, 2.24) is 5.16 Å². The summed E-state index contributed by atoms with van der Waals surface area (Å²) >= 11 is 3.23. The molecule has 9 heteroatoms. The SMILES string of the molecule is O=C(Nc1noc2ccc(Br)cc12)c1cc(F)ccc1C(F)(F)F. The van der Waals surface area contributed by atoms with Gasteiger partial charge in [0.2, 0.25) is 0 Å². The maximum atomic E-state index is 13.3. The van der Waals surface area contributed by atoms with Crippen LogP contribution in [0.4, 0.5) is 23.4 Å². The lowest BCUT2D eigenvalue weighted by Crippen LogP contribution is -2.19. The Labute approximate surface area is 140 Å². The molecule has 1 heterocycles. The normalized spacial score (nSPS) is 11.7. The second-order valence-corrected chi connectivity index (χ2v) is 5.73. The van der Waals surface area contributed by atoms with Crippen LogP contribution < -0.4 is 5.32 Å². The van der Waals surface area contributed by atoms with Crippen LogP contribution in [0.25, 0.3) is 11.0 Å². The van der Waals surface area contributed by atoms with Crippen LogP contribution >= 0.6 is 15.9 Å². The summed E-state index contributed by atoms with van der Waals surface area (Å²) in [6.07, 6.45) is -4.80. The number of alkyl halides is 3. The summed E-state index contributed by atoms with van der Waals surface area (Å²) in [4.78, 5) is 12.2. The molecule has 3 rings (SSSR count). The van der Waals surface area contributed by atoms with Crippen LogP contribution in [0.15, 0.2) is 45.4 Å². The van der Waals surface area contributed by atoms with Crippen LogP contribution in [0.3, 0.4) is 0 Å². The molecular formula is C15H7BrF4N2O2. The number of halogens is 5. The van der Waals surface area contributed by atoms with E-state index in [9.17, 15) is 22.4 Å². The van der Waals surface area contributed by atoms with Gasteiger partial charge in [-0.3, -0.25) is 4.79 Å². The van der Waals surface area contributed by atoms with Crippen LogP contribution in [0, 0.1) is 5.82 Å². The number of carbonyl (C=O) groups excluding carboxylic acids is 1. The molecule has 0 atom stereocenters. The summed E-state index contributed by atoms with van der Waals surface area (Å²) in [5, 5.41) is 6.22. The number of nitrogens with zero attached hydrogens (tertiary/aromatic N) is 1. The van der Waals surface area contributed by atoms with E-state index in [0.29, 0.717) is 33.6 Å². The van der Waals surface area contributed by atoms with Crippen LogP contribution in [0.2, 0.25) is 0 Å². The Hall–Kier alpha value is -2.42. The van der Waals surface area contributed by atoms with Gasteiger partial charge >= 0.3 is 6.18 Å². The smallest absolute Gasteiger partial charge is 0.354 e. The second kappa shape index (κ2) is 5.90. The predicted molar refractivity (Wildman–Crippen MR) is 81.1 cm³/mol. The molecule has 0 aliphatic carbocycles. The lowest BCUT2D eigenvalue weighted by molar-refractivity contribution is -0.137. The quantitative estimate of drug-likeness (QED) is 0.613. The molecule has 0 aliphatic rings. The maximum Gasteiger partial charge on any atom is 0.417 e. The summed E-state index contributed by atoms with van der Waals surface area (Å²) in [6.45, 7) is 0. The zero-order chi connectivity index (χ0) is 17.5. The maximum absolute atomic E-state index is 13.3. The predicted octanol–water partition coefficient (Wildman–Crippen LogP) is 5.00. The van der Waals surface area contributed by atoms with E-state index in [2.05, 4.69) is 26.4 Å². The molecule has 4 nitrogen and oxygen atoms in total. The van der Waals surface area contributed by atoms with E-state index in [0.717, 1.165) is 0 Å². The molecule has 24 heavy (non-hydrogen) atoms. The summed E-state index contributed by atoms with van der Waals surface area (Å²) in [7, 11) is 0. The highest BCUT2D eigenvalue weighted by molar-refractivity contribution is 9.10. The van der Waals surface area contributed by atoms with Gasteiger partial charge in [0.1, 0.15) is 5.82 Å².